The molecule has 1 saturated carbocycles. The molecule has 0 radical (unpaired) electrons. The van der Waals surface area contributed by atoms with Gasteiger partial charge in [-0.25, -0.2) is 4.98 Å². The van der Waals surface area contributed by atoms with E-state index in [2.05, 4.69) is 34.1 Å². The van der Waals surface area contributed by atoms with E-state index in [9.17, 15) is 0 Å². The van der Waals surface area contributed by atoms with Crippen LogP contribution in [0.2, 0.25) is 0 Å². The molecular weight excluding hydrogens is 314 g/mol. The zero-order valence-electron chi connectivity index (χ0n) is 14.2. The van der Waals surface area contributed by atoms with Gasteiger partial charge in [0.2, 0.25) is 0 Å². The van der Waals surface area contributed by atoms with Gasteiger partial charge in [0.15, 0.2) is 11.9 Å². The molecule has 4 atom stereocenters. The molecule has 0 amide bonds. The molecule has 0 bridgehead atoms. The highest BCUT2D eigenvalue weighted by Crippen LogP contribution is 2.51. The molecule has 5 nitrogen and oxygen atoms in total. The van der Waals surface area contributed by atoms with E-state index < -0.39 is 0 Å². The van der Waals surface area contributed by atoms with Gasteiger partial charge in [-0.1, -0.05) is 24.3 Å². The second-order valence-electron chi connectivity index (χ2n) is 7.39. The summed E-state index contributed by atoms with van der Waals surface area (Å²) in [7, 11) is 0. The van der Waals surface area contributed by atoms with Crippen LogP contribution < -0.4 is 15.2 Å². The maximum Gasteiger partial charge on any atom is 0.257 e. The molecule has 1 aromatic heterocycles. The zero-order chi connectivity index (χ0) is 16.8. The van der Waals surface area contributed by atoms with E-state index in [1.54, 1.807) is 6.20 Å². The van der Waals surface area contributed by atoms with Crippen LogP contribution in [0.1, 0.15) is 17.2 Å². The van der Waals surface area contributed by atoms with Crippen molar-refractivity contribution in [1.82, 2.24) is 9.88 Å². The van der Waals surface area contributed by atoms with Crippen molar-refractivity contribution in [3.63, 3.8) is 0 Å². The van der Waals surface area contributed by atoms with Crippen LogP contribution in [0.4, 0.5) is 0 Å². The first kappa shape index (κ1) is 15.2. The van der Waals surface area contributed by atoms with Crippen LogP contribution in [0.25, 0.3) is 0 Å². The third-order valence-corrected chi connectivity index (χ3v) is 5.86. The summed E-state index contributed by atoms with van der Waals surface area (Å²) in [4.78, 5) is 6.79. The number of hydrogen-bond acceptors (Lipinski definition) is 5. The van der Waals surface area contributed by atoms with E-state index in [-0.39, 0.29) is 6.10 Å². The molecule has 0 spiro atoms. The molecule has 1 aliphatic carbocycles. The van der Waals surface area contributed by atoms with Gasteiger partial charge < -0.3 is 15.2 Å². The molecule has 130 valence electrons. The van der Waals surface area contributed by atoms with Gasteiger partial charge >= 0.3 is 0 Å². The topological polar surface area (TPSA) is 60.6 Å². The lowest BCUT2D eigenvalue weighted by Gasteiger charge is -2.26. The van der Waals surface area contributed by atoms with Crippen molar-refractivity contribution in [3.05, 3.63) is 53.7 Å². The molecular formula is C20H23N3O2. The zero-order valence-corrected chi connectivity index (χ0v) is 14.2. The molecule has 2 fully saturated rings. The van der Waals surface area contributed by atoms with Crippen LogP contribution in [0.15, 0.2) is 42.6 Å². The Balaban J connectivity index is 1.21. The minimum Gasteiger partial charge on any atom is -0.484 e. The number of benzene rings is 1. The Morgan fingerprint density at radius 2 is 1.92 bits per heavy atom. The number of aromatic nitrogens is 1. The van der Waals surface area contributed by atoms with E-state index in [0.717, 1.165) is 42.2 Å². The second-order valence-corrected chi connectivity index (χ2v) is 7.39. The van der Waals surface area contributed by atoms with Gasteiger partial charge in [-0.2, -0.15) is 0 Å². The number of nitrogens with two attached hydrogens (primary N) is 1. The quantitative estimate of drug-likeness (QED) is 0.927. The highest BCUT2D eigenvalue weighted by molar-refractivity contribution is 5.36. The van der Waals surface area contributed by atoms with E-state index in [1.165, 1.54) is 18.7 Å². The SMILES string of the molecule is NCC1[C@H]2CN(Cc3ccc([C@H]4COc5cccnc5O4)cc3)C[C@@H]12. The number of hydrogen-bond donors (Lipinski definition) is 1. The molecule has 2 aliphatic heterocycles. The predicted molar refractivity (Wildman–Crippen MR) is 94.3 cm³/mol. The minimum atomic E-state index is -0.0961. The van der Waals surface area contributed by atoms with E-state index >= 15 is 0 Å². The van der Waals surface area contributed by atoms with Crippen LogP contribution in [0, 0.1) is 17.8 Å². The Labute approximate surface area is 147 Å². The first-order valence-corrected chi connectivity index (χ1v) is 9.07. The molecule has 3 heterocycles. The van der Waals surface area contributed by atoms with Gasteiger partial charge in [0.25, 0.3) is 5.88 Å². The lowest BCUT2D eigenvalue weighted by Crippen LogP contribution is -2.26. The number of fused-ring (bicyclic) bond motifs is 2. The van der Waals surface area contributed by atoms with Gasteiger partial charge in [0.05, 0.1) is 0 Å². The molecule has 1 aromatic carbocycles. The minimum absolute atomic E-state index is 0.0961. The first-order chi connectivity index (χ1) is 12.3. The summed E-state index contributed by atoms with van der Waals surface area (Å²) in [5.74, 6) is 3.79. The Hall–Kier alpha value is -2.11. The van der Waals surface area contributed by atoms with Gasteiger partial charge in [-0.3, -0.25) is 4.90 Å². The maximum atomic E-state index is 5.98. The van der Waals surface area contributed by atoms with Crippen molar-refractivity contribution < 1.29 is 9.47 Å². The summed E-state index contributed by atoms with van der Waals surface area (Å²) >= 11 is 0. The molecule has 2 N–H and O–H groups in total. The monoisotopic (exact) mass is 337 g/mol. The number of ether oxygens (including phenoxy) is 2. The summed E-state index contributed by atoms with van der Waals surface area (Å²) < 4.78 is 11.7. The largest absolute Gasteiger partial charge is 0.484 e. The van der Waals surface area contributed by atoms with Gasteiger partial charge in [-0.05, 0) is 47.6 Å². The van der Waals surface area contributed by atoms with Crippen LogP contribution >= 0.6 is 0 Å². The molecule has 5 rings (SSSR count). The van der Waals surface area contributed by atoms with Gasteiger partial charge in [0, 0.05) is 25.8 Å². The molecule has 1 saturated heterocycles. The smallest absolute Gasteiger partial charge is 0.257 e. The average Bonchev–Trinajstić information content (AvgIpc) is 3.15. The second kappa shape index (κ2) is 6.00. The van der Waals surface area contributed by atoms with Gasteiger partial charge in [0.1, 0.15) is 6.61 Å². The van der Waals surface area contributed by atoms with Crippen LogP contribution in [-0.4, -0.2) is 36.1 Å². The van der Waals surface area contributed by atoms with Gasteiger partial charge in [-0.15, -0.1) is 0 Å². The predicted octanol–water partition coefficient (Wildman–Crippen LogP) is 2.23. The molecule has 1 unspecified atom stereocenters. The van der Waals surface area contributed by atoms with Crippen molar-refractivity contribution in [2.75, 3.05) is 26.2 Å². The Morgan fingerprint density at radius 1 is 1.12 bits per heavy atom. The first-order valence-electron chi connectivity index (χ1n) is 9.07. The van der Waals surface area contributed by atoms with Crippen molar-refractivity contribution in [1.29, 1.82) is 0 Å². The number of nitrogens with zero attached hydrogens (tertiary/aromatic N) is 2. The Morgan fingerprint density at radius 3 is 2.68 bits per heavy atom. The number of rotatable bonds is 4. The highest BCUT2D eigenvalue weighted by Gasteiger charge is 2.54. The third kappa shape index (κ3) is 2.77. The standard InChI is InChI=1S/C20H23N3O2/c21-8-15-16-10-23(11-17(15)16)9-13-3-5-14(6-4-13)19-12-24-18-2-1-7-22-20(18)25-19/h1-7,15-17,19H,8-12,21H2/t15?,16-,17+,19-/m1/s1. The summed E-state index contributed by atoms with van der Waals surface area (Å²) in [6, 6.07) is 12.5. The fourth-order valence-corrected chi connectivity index (χ4v) is 4.38. The molecule has 5 heteroatoms. The number of pyridine rings is 1. The summed E-state index contributed by atoms with van der Waals surface area (Å²) in [6.07, 6.45) is 1.63. The lowest BCUT2D eigenvalue weighted by molar-refractivity contribution is 0.0851. The highest BCUT2D eigenvalue weighted by atomic mass is 16.6. The van der Waals surface area contributed by atoms with Crippen molar-refractivity contribution in [3.8, 4) is 11.6 Å². The summed E-state index contributed by atoms with van der Waals surface area (Å²) in [5, 5.41) is 0. The third-order valence-electron chi connectivity index (χ3n) is 5.86. The Kier molecular flexibility index (Phi) is 3.64. The van der Waals surface area contributed by atoms with Crippen LogP contribution in [0.5, 0.6) is 11.6 Å². The fourth-order valence-electron chi connectivity index (χ4n) is 4.38. The Bertz CT molecular complexity index is 752. The van der Waals surface area contributed by atoms with Crippen LogP contribution in [0.3, 0.4) is 0 Å². The van der Waals surface area contributed by atoms with Crippen LogP contribution in [-0.2, 0) is 6.54 Å². The fraction of sp³-hybridized carbons (Fsp3) is 0.450. The number of likely N-dealkylation sites (tertiary alicyclic amines) is 1. The van der Waals surface area contributed by atoms with E-state index in [4.69, 9.17) is 15.2 Å². The van der Waals surface area contributed by atoms with Crippen molar-refractivity contribution >= 4 is 0 Å². The van der Waals surface area contributed by atoms with Crippen molar-refractivity contribution in [2.24, 2.45) is 23.5 Å². The maximum absolute atomic E-state index is 5.98. The number of piperidine rings is 1. The lowest BCUT2D eigenvalue weighted by atomic mass is 10.1. The normalized spacial score (nSPS) is 30.1. The molecule has 3 aliphatic rings. The summed E-state index contributed by atoms with van der Waals surface area (Å²) in [5.41, 5.74) is 8.28. The molecule has 2 aromatic rings. The van der Waals surface area contributed by atoms with E-state index in [1.807, 2.05) is 12.1 Å². The van der Waals surface area contributed by atoms with E-state index in [0.29, 0.717) is 12.5 Å². The summed E-state index contributed by atoms with van der Waals surface area (Å²) in [6.45, 7) is 4.82. The molecule has 25 heavy (non-hydrogen) atoms. The van der Waals surface area contributed by atoms with Crippen molar-refractivity contribution in [2.45, 2.75) is 12.6 Å². The average molecular weight is 337 g/mol.